The van der Waals surface area contributed by atoms with Crippen LogP contribution in [0.3, 0.4) is 0 Å². The van der Waals surface area contributed by atoms with Crippen molar-refractivity contribution in [3.63, 3.8) is 0 Å². The van der Waals surface area contributed by atoms with Gasteiger partial charge in [0.05, 0.1) is 5.41 Å². The fraction of sp³-hybridized carbons (Fsp3) is 0.0141. The third-order valence-corrected chi connectivity index (χ3v) is 15.5. The molecule has 0 fully saturated rings. The first-order valence-corrected chi connectivity index (χ1v) is 25.6. The minimum absolute atomic E-state index is 0.475. The van der Waals surface area contributed by atoms with Gasteiger partial charge in [0.1, 0.15) is 22.3 Å². The van der Waals surface area contributed by atoms with Gasteiger partial charge in [0, 0.05) is 78.6 Å². The quantitative estimate of drug-likeness (QED) is 0.144. The molecule has 12 aromatic carbocycles. The van der Waals surface area contributed by atoms with Crippen molar-refractivity contribution in [2.45, 2.75) is 5.41 Å². The zero-order chi connectivity index (χ0) is 49.5. The zero-order valence-electron chi connectivity index (χ0n) is 40.8. The SMILES string of the molecule is c1ccc(-c2ccc(N(c3ccccc3)c3ccc4c(c3)oc3c4ccc4c3ccc3c5ccc(N(c6ccccc6)c6ccc(C7(c8ccccc8)c8ccccc8-c8ccccc87)cc6)cc5oc34)cc2)cc1. The summed E-state index contributed by atoms with van der Waals surface area (Å²) in [6.45, 7) is 0. The number of nitrogens with zero attached hydrogens (tertiary/aromatic N) is 2. The van der Waals surface area contributed by atoms with Crippen molar-refractivity contribution in [3.05, 3.63) is 301 Å². The van der Waals surface area contributed by atoms with E-state index in [1.807, 2.05) is 0 Å². The van der Waals surface area contributed by atoms with Crippen molar-refractivity contribution in [3.8, 4) is 22.3 Å². The van der Waals surface area contributed by atoms with E-state index in [1.54, 1.807) is 0 Å². The predicted octanol–water partition coefficient (Wildman–Crippen LogP) is 19.6. The summed E-state index contributed by atoms with van der Waals surface area (Å²) in [6, 6.07) is 100. The van der Waals surface area contributed by atoms with Crippen LogP contribution >= 0.6 is 0 Å². The standard InChI is InChI=1S/C71H46N2O2/c1-5-17-47(18-6-1)48-29-33-53(34-30-48)72(51-21-9-3-10-22-51)55-37-39-59-61-41-43-64-63(69(61)74-67(59)45-55)44-42-62-60-40-38-56(46-68(60)75-70(62)64)73(52-23-11-4-12-24-52)54-35-31-50(32-36-54)71(49-19-7-2-8-20-49)65-27-15-13-25-57(65)58-26-14-16-28-66(58)71/h1-46H. The number of para-hydroxylation sites is 2. The lowest BCUT2D eigenvalue weighted by atomic mass is 9.68. The second-order valence-corrected chi connectivity index (χ2v) is 19.6. The van der Waals surface area contributed by atoms with Gasteiger partial charge in [0.2, 0.25) is 0 Å². The summed E-state index contributed by atoms with van der Waals surface area (Å²) >= 11 is 0. The summed E-state index contributed by atoms with van der Waals surface area (Å²) in [5.74, 6) is 0. The van der Waals surface area contributed by atoms with Gasteiger partial charge in [0.25, 0.3) is 0 Å². The zero-order valence-corrected chi connectivity index (χ0v) is 40.8. The Balaban J connectivity index is 0.816. The van der Waals surface area contributed by atoms with Crippen molar-refractivity contribution < 1.29 is 8.83 Å². The van der Waals surface area contributed by atoms with Crippen molar-refractivity contribution in [1.29, 1.82) is 0 Å². The molecule has 0 amide bonds. The fourth-order valence-electron chi connectivity index (χ4n) is 12.2. The third-order valence-electron chi connectivity index (χ3n) is 15.5. The summed E-state index contributed by atoms with van der Waals surface area (Å²) < 4.78 is 13.9. The molecule has 2 heterocycles. The Morgan fingerprint density at radius 3 is 1.07 bits per heavy atom. The highest BCUT2D eigenvalue weighted by Gasteiger charge is 2.45. The second kappa shape index (κ2) is 17.1. The van der Waals surface area contributed by atoms with Gasteiger partial charge in [0.15, 0.2) is 0 Å². The number of furan rings is 2. The van der Waals surface area contributed by atoms with Crippen LogP contribution in [-0.2, 0) is 5.41 Å². The number of rotatable bonds is 9. The van der Waals surface area contributed by atoms with E-state index < -0.39 is 5.41 Å². The molecule has 15 rings (SSSR count). The van der Waals surface area contributed by atoms with Gasteiger partial charge in [-0.15, -0.1) is 0 Å². The van der Waals surface area contributed by atoms with Crippen LogP contribution in [0.1, 0.15) is 22.3 Å². The molecule has 0 spiro atoms. The Bertz CT molecular complexity index is 4400. The normalized spacial score (nSPS) is 12.6. The van der Waals surface area contributed by atoms with Crippen molar-refractivity contribution in [1.82, 2.24) is 0 Å². The summed E-state index contributed by atoms with van der Waals surface area (Å²) in [6.07, 6.45) is 0. The molecule has 0 unspecified atom stereocenters. The van der Waals surface area contributed by atoms with Crippen LogP contribution in [0.25, 0.3) is 76.9 Å². The predicted molar refractivity (Wildman–Crippen MR) is 311 cm³/mol. The number of hydrogen-bond donors (Lipinski definition) is 0. The molecule has 1 aliphatic carbocycles. The van der Waals surface area contributed by atoms with Gasteiger partial charge in [-0.05, 0) is 142 Å². The Morgan fingerprint density at radius 1 is 0.253 bits per heavy atom. The highest BCUT2D eigenvalue weighted by Crippen LogP contribution is 2.56. The average Bonchev–Trinajstić information content (AvgIpc) is 4.18. The van der Waals surface area contributed by atoms with Crippen LogP contribution < -0.4 is 9.80 Å². The number of fused-ring (bicyclic) bond motifs is 12. The van der Waals surface area contributed by atoms with E-state index in [4.69, 9.17) is 8.83 Å². The molecular weight excluding hydrogens is 913 g/mol. The van der Waals surface area contributed by atoms with Gasteiger partial charge in [-0.3, -0.25) is 0 Å². The van der Waals surface area contributed by atoms with Crippen LogP contribution in [0.4, 0.5) is 34.1 Å². The van der Waals surface area contributed by atoms with E-state index in [1.165, 1.54) is 44.5 Å². The maximum atomic E-state index is 6.98. The van der Waals surface area contributed by atoms with E-state index in [-0.39, 0.29) is 0 Å². The van der Waals surface area contributed by atoms with Crippen LogP contribution in [0.2, 0.25) is 0 Å². The summed E-state index contributed by atoms with van der Waals surface area (Å²) in [5, 5.41) is 6.30. The largest absolute Gasteiger partial charge is 0.455 e. The first-order valence-electron chi connectivity index (χ1n) is 25.6. The molecular formula is C71H46N2O2. The topological polar surface area (TPSA) is 32.8 Å². The molecule has 2 aromatic heterocycles. The fourth-order valence-corrected chi connectivity index (χ4v) is 12.2. The summed E-state index contributed by atoms with van der Waals surface area (Å²) in [5.41, 5.74) is 19.1. The first-order chi connectivity index (χ1) is 37.2. The highest BCUT2D eigenvalue weighted by molar-refractivity contribution is 6.23. The number of hydrogen-bond acceptors (Lipinski definition) is 4. The van der Waals surface area contributed by atoms with E-state index in [0.29, 0.717) is 0 Å². The Morgan fingerprint density at radius 2 is 0.587 bits per heavy atom. The summed E-state index contributed by atoms with van der Waals surface area (Å²) in [7, 11) is 0. The number of benzene rings is 12. The minimum atomic E-state index is -0.475. The molecule has 0 bridgehead atoms. The lowest BCUT2D eigenvalue weighted by Gasteiger charge is -2.34. The van der Waals surface area contributed by atoms with Crippen LogP contribution in [0, 0.1) is 0 Å². The molecule has 0 atom stereocenters. The monoisotopic (exact) mass is 958 g/mol. The average molecular weight is 959 g/mol. The van der Waals surface area contributed by atoms with E-state index >= 15 is 0 Å². The van der Waals surface area contributed by atoms with Gasteiger partial charge < -0.3 is 18.6 Å². The molecule has 0 radical (unpaired) electrons. The molecule has 0 saturated carbocycles. The molecule has 0 saturated heterocycles. The number of anilines is 6. The first kappa shape index (κ1) is 42.8. The van der Waals surface area contributed by atoms with Crippen LogP contribution in [0.5, 0.6) is 0 Å². The van der Waals surface area contributed by atoms with Gasteiger partial charge in [-0.2, -0.15) is 0 Å². The van der Waals surface area contributed by atoms with Gasteiger partial charge >= 0.3 is 0 Å². The maximum Gasteiger partial charge on any atom is 0.143 e. The molecule has 75 heavy (non-hydrogen) atoms. The maximum absolute atomic E-state index is 6.98. The van der Waals surface area contributed by atoms with E-state index in [2.05, 4.69) is 289 Å². The summed E-state index contributed by atoms with van der Waals surface area (Å²) in [4.78, 5) is 4.61. The molecule has 14 aromatic rings. The van der Waals surface area contributed by atoms with Crippen molar-refractivity contribution in [2.24, 2.45) is 0 Å². The van der Waals surface area contributed by atoms with Crippen molar-refractivity contribution >= 4 is 88.8 Å². The lowest BCUT2D eigenvalue weighted by molar-refractivity contribution is 0.669. The minimum Gasteiger partial charge on any atom is -0.455 e. The molecule has 0 aliphatic heterocycles. The Labute approximate surface area is 434 Å². The van der Waals surface area contributed by atoms with E-state index in [9.17, 15) is 0 Å². The smallest absolute Gasteiger partial charge is 0.143 e. The molecule has 352 valence electrons. The van der Waals surface area contributed by atoms with Crippen LogP contribution in [-0.4, -0.2) is 0 Å². The van der Waals surface area contributed by atoms with E-state index in [0.717, 1.165) is 88.8 Å². The van der Waals surface area contributed by atoms with Crippen molar-refractivity contribution in [2.75, 3.05) is 9.80 Å². The molecule has 1 aliphatic rings. The molecule has 0 N–H and O–H groups in total. The van der Waals surface area contributed by atoms with Crippen LogP contribution in [0.15, 0.2) is 288 Å². The Kier molecular flexibility index (Phi) is 9.76. The molecule has 4 nitrogen and oxygen atoms in total. The van der Waals surface area contributed by atoms with Gasteiger partial charge in [-0.1, -0.05) is 170 Å². The lowest BCUT2D eigenvalue weighted by Crippen LogP contribution is -2.28. The second-order valence-electron chi connectivity index (χ2n) is 19.6. The highest BCUT2D eigenvalue weighted by atomic mass is 16.3. The third kappa shape index (κ3) is 6.70. The van der Waals surface area contributed by atoms with Gasteiger partial charge in [-0.25, -0.2) is 0 Å². The Hall–Kier alpha value is -9.90. The molecule has 4 heteroatoms.